The molecule has 0 amide bonds. The molecule has 0 radical (unpaired) electrons. The Morgan fingerprint density at radius 2 is 2.05 bits per heavy atom. The summed E-state index contributed by atoms with van der Waals surface area (Å²) < 4.78 is 0. The van der Waals surface area contributed by atoms with Crippen molar-refractivity contribution in [2.75, 3.05) is 19.6 Å². The number of rotatable bonds is 2. The second-order valence-corrected chi connectivity index (χ2v) is 6.37. The molecule has 0 aromatic heterocycles. The molecule has 2 aliphatic rings. The van der Waals surface area contributed by atoms with Gasteiger partial charge in [-0.3, -0.25) is 4.90 Å². The smallest absolute Gasteiger partial charge is 0.0338 e. The Labute approximate surface area is 117 Å². The zero-order chi connectivity index (χ0) is 13.1. The van der Waals surface area contributed by atoms with Crippen molar-refractivity contribution in [1.82, 2.24) is 10.2 Å². The van der Waals surface area contributed by atoms with Gasteiger partial charge in [0.15, 0.2) is 0 Å². The third-order valence-corrected chi connectivity index (χ3v) is 4.92. The van der Waals surface area contributed by atoms with E-state index >= 15 is 0 Å². The van der Waals surface area contributed by atoms with Gasteiger partial charge in [-0.15, -0.1) is 0 Å². The molecular weight excluding hydrogens is 232 g/mol. The minimum absolute atomic E-state index is 0.445. The molecule has 1 heterocycles. The Balaban J connectivity index is 1.77. The first-order valence-corrected chi connectivity index (χ1v) is 7.80. The van der Waals surface area contributed by atoms with Gasteiger partial charge in [0.05, 0.1) is 0 Å². The molecule has 104 valence electrons. The van der Waals surface area contributed by atoms with E-state index in [4.69, 9.17) is 0 Å². The highest BCUT2D eigenvalue weighted by atomic mass is 15.3. The number of aryl methyl sites for hydroxylation is 1. The van der Waals surface area contributed by atoms with Gasteiger partial charge in [0, 0.05) is 31.7 Å². The van der Waals surface area contributed by atoms with E-state index in [1.54, 1.807) is 0 Å². The number of nitrogens with zero attached hydrogens (tertiary/aromatic N) is 1. The summed E-state index contributed by atoms with van der Waals surface area (Å²) in [6.07, 6.45) is 7.01. The van der Waals surface area contributed by atoms with Crippen LogP contribution < -0.4 is 5.32 Å². The SMILES string of the molecule is Cc1cccc(CN2CCNCC23CCCCC3)c1. The van der Waals surface area contributed by atoms with Gasteiger partial charge in [-0.05, 0) is 25.3 Å². The summed E-state index contributed by atoms with van der Waals surface area (Å²) in [7, 11) is 0. The highest BCUT2D eigenvalue weighted by Crippen LogP contribution is 2.35. The lowest BCUT2D eigenvalue weighted by Crippen LogP contribution is -2.61. The summed E-state index contributed by atoms with van der Waals surface area (Å²) in [6.45, 7) is 6.86. The Morgan fingerprint density at radius 3 is 2.84 bits per heavy atom. The third kappa shape index (κ3) is 2.85. The van der Waals surface area contributed by atoms with Crippen LogP contribution in [0, 0.1) is 6.92 Å². The first kappa shape index (κ1) is 13.1. The molecule has 19 heavy (non-hydrogen) atoms. The van der Waals surface area contributed by atoms with Crippen molar-refractivity contribution in [3.63, 3.8) is 0 Å². The quantitative estimate of drug-likeness (QED) is 0.877. The maximum Gasteiger partial charge on any atom is 0.0338 e. The fourth-order valence-electron chi connectivity index (χ4n) is 3.86. The van der Waals surface area contributed by atoms with Gasteiger partial charge < -0.3 is 5.32 Å². The standard InChI is InChI=1S/C17H26N2/c1-15-6-5-7-16(12-15)13-19-11-10-18-14-17(19)8-3-2-4-9-17/h5-7,12,18H,2-4,8-11,13-14H2,1H3. The van der Waals surface area contributed by atoms with Crippen LogP contribution in [-0.2, 0) is 6.54 Å². The summed E-state index contributed by atoms with van der Waals surface area (Å²) >= 11 is 0. The molecule has 2 fully saturated rings. The molecule has 2 nitrogen and oxygen atoms in total. The normalized spacial score (nSPS) is 23.6. The van der Waals surface area contributed by atoms with Crippen LogP contribution >= 0.6 is 0 Å². The minimum Gasteiger partial charge on any atom is -0.314 e. The lowest BCUT2D eigenvalue weighted by atomic mass is 9.79. The number of hydrogen-bond donors (Lipinski definition) is 1. The molecule has 0 bridgehead atoms. The van der Waals surface area contributed by atoms with Crippen molar-refractivity contribution >= 4 is 0 Å². The molecule has 1 saturated carbocycles. The van der Waals surface area contributed by atoms with Crippen molar-refractivity contribution in [2.24, 2.45) is 0 Å². The van der Waals surface area contributed by atoms with Crippen LogP contribution in [0.5, 0.6) is 0 Å². The van der Waals surface area contributed by atoms with Crippen LogP contribution in [0.3, 0.4) is 0 Å². The lowest BCUT2D eigenvalue weighted by Gasteiger charge is -2.50. The first-order chi connectivity index (χ1) is 9.28. The molecule has 1 aliphatic carbocycles. The Kier molecular flexibility index (Phi) is 3.90. The number of benzene rings is 1. The van der Waals surface area contributed by atoms with Gasteiger partial charge in [-0.25, -0.2) is 0 Å². The summed E-state index contributed by atoms with van der Waals surface area (Å²) in [6, 6.07) is 9.02. The van der Waals surface area contributed by atoms with Gasteiger partial charge in [0.25, 0.3) is 0 Å². The average molecular weight is 258 g/mol. The van der Waals surface area contributed by atoms with Crippen LogP contribution in [0.1, 0.15) is 43.2 Å². The van der Waals surface area contributed by atoms with E-state index in [2.05, 4.69) is 41.4 Å². The van der Waals surface area contributed by atoms with E-state index in [9.17, 15) is 0 Å². The van der Waals surface area contributed by atoms with Crippen molar-refractivity contribution in [2.45, 2.75) is 51.1 Å². The summed E-state index contributed by atoms with van der Waals surface area (Å²) in [5.74, 6) is 0. The highest BCUT2D eigenvalue weighted by Gasteiger charge is 2.39. The Bertz CT molecular complexity index is 413. The predicted molar refractivity (Wildman–Crippen MR) is 80.3 cm³/mol. The predicted octanol–water partition coefficient (Wildman–Crippen LogP) is 3.10. The molecular formula is C17H26N2. The summed E-state index contributed by atoms with van der Waals surface area (Å²) in [4.78, 5) is 2.76. The molecule has 1 aliphatic heterocycles. The van der Waals surface area contributed by atoms with E-state index in [1.807, 2.05) is 0 Å². The summed E-state index contributed by atoms with van der Waals surface area (Å²) in [5, 5.41) is 3.63. The van der Waals surface area contributed by atoms with E-state index in [-0.39, 0.29) is 0 Å². The molecule has 3 rings (SSSR count). The monoisotopic (exact) mass is 258 g/mol. The van der Waals surface area contributed by atoms with Crippen molar-refractivity contribution in [1.29, 1.82) is 0 Å². The van der Waals surface area contributed by atoms with Crippen molar-refractivity contribution < 1.29 is 0 Å². The topological polar surface area (TPSA) is 15.3 Å². The summed E-state index contributed by atoms with van der Waals surface area (Å²) in [5.41, 5.74) is 3.30. The molecule has 1 saturated heterocycles. The number of hydrogen-bond acceptors (Lipinski definition) is 2. The molecule has 0 atom stereocenters. The van der Waals surface area contributed by atoms with E-state index in [0.717, 1.165) is 13.1 Å². The van der Waals surface area contributed by atoms with Crippen LogP contribution in [-0.4, -0.2) is 30.1 Å². The zero-order valence-corrected chi connectivity index (χ0v) is 12.1. The van der Waals surface area contributed by atoms with E-state index in [1.165, 1.54) is 56.3 Å². The second kappa shape index (κ2) is 5.64. The third-order valence-electron chi connectivity index (χ3n) is 4.92. The van der Waals surface area contributed by atoms with E-state index < -0.39 is 0 Å². The highest BCUT2D eigenvalue weighted by molar-refractivity contribution is 5.22. The van der Waals surface area contributed by atoms with E-state index in [0.29, 0.717) is 5.54 Å². The largest absolute Gasteiger partial charge is 0.314 e. The molecule has 0 unspecified atom stereocenters. The maximum absolute atomic E-state index is 3.63. The fraction of sp³-hybridized carbons (Fsp3) is 0.647. The van der Waals surface area contributed by atoms with Crippen LogP contribution in [0.15, 0.2) is 24.3 Å². The van der Waals surface area contributed by atoms with Crippen molar-refractivity contribution in [3.05, 3.63) is 35.4 Å². The number of nitrogens with one attached hydrogen (secondary N) is 1. The Hall–Kier alpha value is -0.860. The van der Waals surface area contributed by atoms with Crippen LogP contribution in [0.4, 0.5) is 0 Å². The van der Waals surface area contributed by atoms with Gasteiger partial charge >= 0.3 is 0 Å². The number of piperazine rings is 1. The van der Waals surface area contributed by atoms with Crippen molar-refractivity contribution in [3.8, 4) is 0 Å². The molecule has 1 aromatic rings. The maximum atomic E-state index is 3.63. The molecule has 1 N–H and O–H groups in total. The van der Waals surface area contributed by atoms with Gasteiger partial charge in [0.2, 0.25) is 0 Å². The van der Waals surface area contributed by atoms with Crippen LogP contribution in [0.25, 0.3) is 0 Å². The van der Waals surface area contributed by atoms with Crippen LogP contribution in [0.2, 0.25) is 0 Å². The molecule has 2 heteroatoms. The Morgan fingerprint density at radius 1 is 1.21 bits per heavy atom. The molecule has 1 aromatic carbocycles. The van der Waals surface area contributed by atoms with Gasteiger partial charge in [-0.1, -0.05) is 49.1 Å². The average Bonchev–Trinajstić information content (AvgIpc) is 2.43. The fourth-order valence-corrected chi connectivity index (χ4v) is 3.86. The van der Waals surface area contributed by atoms with Gasteiger partial charge in [-0.2, -0.15) is 0 Å². The minimum atomic E-state index is 0.445. The first-order valence-electron chi connectivity index (χ1n) is 7.80. The molecule has 1 spiro atoms. The van der Waals surface area contributed by atoms with Gasteiger partial charge in [0.1, 0.15) is 0 Å². The second-order valence-electron chi connectivity index (χ2n) is 6.37. The lowest BCUT2D eigenvalue weighted by molar-refractivity contribution is 0.0209. The zero-order valence-electron chi connectivity index (χ0n) is 12.1.